The first-order valence-electron chi connectivity index (χ1n) is 15.9. The summed E-state index contributed by atoms with van der Waals surface area (Å²) in [5, 5.41) is 11.3. The number of fused-ring (bicyclic) bond motifs is 1. The largest absolute Gasteiger partial charge is 0.428 e. The fourth-order valence-electron chi connectivity index (χ4n) is 4.51. The van der Waals surface area contributed by atoms with Crippen LogP contribution in [-0.4, -0.2) is 99.4 Å². The molecule has 1 aliphatic rings. The lowest BCUT2D eigenvalue weighted by atomic mass is 10.1. The molecule has 19 nitrogen and oxygen atoms in total. The van der Waals surface area contributed by atoms with Crippen LogP contribution in [0.5, 0.6) is 0 Å². The van der Waals surface area contributed by atoms with Gasteiger partial charge in [0.2, 0.25) is 11.9 Å². The molecule has 0 bridgehead atoms. The van der Waals surface area contributed by atoms with E-state index in [1.807, 2.05) is 6.92 Å². The highest BCUT2D eigenvalue weighted by molar-refractivity contribution is 6.12. The summed E-state index contributed by atoms with van der Waals surface area (Å²) < 4.78 is 16.1. The summed E-state index contributed by atoms with van der Waals surface area (Å²) in [5.74, 6) is -2.65. The Balaban J connectivity index is 1.05. The van der Waals surface area contributed by atoms with Gasteiger partial charge >= 0.3 is 6.09 Å². The van der Waals surface area contributed by atoms with Crippen LogP contribution in [0.3, 0.4) is 0 Å². The van der Waals surface area contributed by atoms with Crippen molar-refractivity contribution in [3.63, 3.8) is 0 Å². The fraction of sp³-hybridized carbons (Fsp3) is 0.406. The lowest BCUT2D eigenvalue weighted by Crippen LogP contribution is -2.38. The smallest absolute Gasteiger partial charge is 0.408 e. The molecule has 0 spiro atoms. The number of ether oxygens (including phenoxy) is 3. The average Bonchev–Trinajstić information content (AvgIpc) is 3.42. The Labute approximate surface area is 291 Å². The molecule has 0 radical (unpaired) electrons. The summed E-state index contributed by atoms with van der Waals surface area (Å²) in [4.78, 5) is 87.3. The monoisotopic (exact) mass is 708 g/mol. The molecule has 2 aromatic heterocycles. The Morgan fingerprint density at radius 3 is 2.33 bits per heavy atom. The summed E-state index contributed by atoms with van der Waals surface area (Å²) in [7, 11) is 0. The SMILES string of the molecule is C[C@H](CCC(=O)NCCOC(C)(C)OCCNC(=O)OCN1C(=O)C=CC1=O)NC(=O)c1ccc(NCc2cnc3nc(N)[nH]c(=O)c3n2)cc1. The highest BCUT2D eigenvalue weighted by atomic mass is 16.7. The average molecular weight is 709 g/mol. The predicted octanol–water partition coefficient (Wildman–Crippen LogP) is 0.300. The molecule has 1 aromatic carbocycles. The lowest BCUT2D eigenvalue weighted by molar-refractivity contribution is -0.211. The van der Waals surface area contributed by atoms with E-state index in [4.69, 9.17) is 19.9 Å². The van der Waals surface area contributed by atoms with Crippen LogP contribution < -0.4 is 32.6 Å². The second kappa shape index (κ2) is 17.6. The van der Waals surface area contributed by atoms with Gasteiger partial charge in [0, 0.05) is 49.0 Å². The van der Waals surface area contributed by atoms with E-state index in [1.54, 1.807) is 38.1 Å². The third-order valence-electron chi connectivity index (χ3n) is 7.21. The minimum atomic E-state index is -1.01. The zero-order chi connectivity index (χ0) is 37.0. The third kappa shape index (κ3) is 11.9. The Morgan fingerprint density at radius 1 is 0.980 bits per heavy atom. The Kier molecular flexibility index (Phi) is 13.1. The molecule has 19 heteroatoms. The number of benzene rings is 1. The first-order chi connectivity index (χ1) is 24.3. The number of nitrogens with zero attached hydrogens (tertiary/aromatic N) is 4. The summed E-state index contributed by atoms with van der Waals surface area (Å²) in [6.07, 6.45) is 3.46. The van der Waals surface area contributed by atoms with E-state index in [9.17, 15) is 28.8 Å². The van der Waals surface area contributed by atoms with Crippen LogP contribution in [0.15, 0.2) is 47.4 Å². The van der Waals surface area contributed by atoms with Gasteiger partial charge in [0.1, 0.15) is 0 Å². The molecule has 3 heterocycles. The van der Waals surface area contributed by atoms with E-state index in [2.05, 4.69) is 41.2 Å². The number of imide groups is 1. The molecular weight excluding hydrogens is 668 g/mol. The molecule has 1 aliphatic heterocycles. The number of hydrogen-bond acceptors (Lipinski definition) is 14. The molecule has 3 aromatic rings. The molecule has 0 fully saturated rings. The molecule has 51 heavy (non-hydrogen) atoms. The van der Waals surface area contributed by atoms with Crippen molar-refractivity contribution in [1.29, 1.82) is 0 Å². The van der Waals surface area contributed by atoms with Crippen LogP contribution in [-0.2, 0) is 35.1 Å². The number of rotatable bonds is 18. The number of hydrogen-bond donors (Lipinski definition) is 6. The molecule has 0 saturated heterocycles. The minimum Gasteiger partial charge on any atom is -0.428 e. The van der Waals surface area contributed by atoms with Gasteiger partial charge in [-0.1, -0.05) is 0 Å². The maximum atomic E-state index is 12.7. The number of aromatic amines is 1. The summed E-state index contributed by atoms with van der Waals surface area (Å²) in [6, 6.07) is 6.54. The van der Waals surface area contributed by atoms with Gasteiger partial charge in [0.05, 0.1) is 31.6 Å². The maximum Gasteiger partial charge on any atom is 0.408 e. The van der Waals surface area contributed by atoms with E-state index in [0.29, 0.717) is 17.7 Å². The van der Waals surface area contributed by atoms with Gasteiger partial charge in [-0.3, -0.25) is 29.0 Å². The van der Waals surface area contributed by atoms with Gasteiger partial charge in [-0.25, -0.2) is 19.7 Å². The molecule has 5 amide bonds. The first-order valence-corrected chi connectivity index (χ1v) is 15.9. The van der Waals surface area contributed by atoms with Crippen molar-refractivity contribution >= 4 is 52.5 Å². The fourth-order valence-corrected chi connectivity index (χ4v) is 4.51. The third-order valence-corrected chi connectivity index (χ3v) is 7.21. The number of aromatic nitrogens is 4. The number of H-pyrrole nitrogens is 1. The number of nitrogens with one attached hydrogen (secondary N) is 5. The summed E-state index contributed by atoms with van der Waals surface area (Å²) >= 11 is 0. The van der Waals surface area contributed by atoms with E-state index in [0.717, 1.165) is 22.7 Å². The Morgan fingerprint density at radius 2 is 1.65 bits per heavy atom. The molecule has 4 rings (SSSR count). The van der Waals surface area contributed by atoms with Gasteiger partial charge in [-0.15, -0.1) is 0 Å². The number of nitrogens with two attached hydrogens (primary N) is 1. The van der Waals surface area contributed by atoms with Gasteiger partial charge in [-0.2, -0.15) is 4.98 Å². The first kappa shape index (κ1) is 37.9. The molecule has 1 atom stereocenters. The van der Waals surface area contributed by atoms with Crippen molar-refractivity contribution in [3.05, 3.63) is 64.2 Å². The van der Waals surface area contributed by atoms with Crippen LogP contribution in [0.25, 0.3) is 11.2 Å². The quantitative estimate of drug-likeness (QED) is 0.0590. The van der Waals surface area contributed by atoms with Crippen molar-refractivity contribution in [2.45, 2.75) is 52.0 Å². The standard InChI is InChI=1S/C32H40N10O9/c1-19(38-28(46)20-5-7-21(8-6-20)36-16-22-17-37-27-26(39-22)29(47)41-30(33)40-27)4-9-23(43)34-12-14-50-32(2,3)51-15-13-35-31(48)49-18-42-24(44)10-11-25(42)45/h5-8,10-11,17,19,36H,4,9,12-16,18H2,1-3H3,(H,34,43)(H,35,48)(H,38,46)(H3,33,37,40,41,47)/t19-/m1/s1. The molecular formula is C32H40N10O9. The van der Waals surface area contributed by atoms with Crippen molar-refractivity contribution in [2.75, 3.05) is 44.1 Å². The molecule has 272 valence electrons. The van der Waals surface area contributed by atoms with Crippen LogP contribution in [0.4, 0.5) is 16.4 Å². The van der Waals surface area contributed by atoms with E-state index in [-0.39, 0.29) is 74.2 Å². The number of anilines is 2. The van der Waals surface area contributed by atoms with E-state index in [1.165, 1.54) is 6.20 Å². The van der Waals surface area contributed by atoms with Crippen LogP contribution >= 0.6 is 0 Å². The molecule has 7 N–H and O–H groups in total. The van der Waals surface area contributed by atoms with Crippen molar-refractivity contribution < 1.29 is 38.2 Å². The maximum absolute atomic E-state index is 12.7. The van der Waals surface area contributed by atoms with Gasteiger partial charge in [0.15, 0.2) is 23.7 Å². The minimum absolute atomic E-state index is 0.0369. The second-order valence-corrected chi connectivity index (χ2v) is 11.7. The normalized spacial score (nSPS) is 13.3. The van der Waals surface area contributed by atoms with E-state index < -0.39 is 36.0 Å². The summed E-state index contributed by atoms with van der Waals surface area (Å²) in [5.41, 5.74) is 6.98. The highest BCUT2D eigenvalue weighted by Gasteiger charge is 2.24. The number of amides is 5. The number of carbonyl (C=O) groups excluding carboxylic acids is 5. The predicted molar refractivity (Wildman–Crippen MR) is 182 cm³/mol. The zero-order valence-corrected chi connectivity index (χ0v) is 28.3. The molecule has 0 saturated carbocycles. The van der Waals surface area contributed by atoms with Gasteiger partial charge in [-0.05, 0) is 51.5 Å². The van der Waals surface area contributed by atoms with Crippen LogP contribution in [0.2, 0.25) is 0 Å². The second-order valence-electron chi connectivity index (χ2n) is 11.7. The van der Waals surface area contributed by atoms with Crippen LogP contribution in [0.1, 0.15) is 49.7 Å². The van der Waals surface area contributed by atoms with Crippen molar-refractivity contribution in [1.82, 2.24) is 40.8 Å². The lowest BCUT2D eigenvalue weighted by Gasteiger charge is -2.26. The van der Waals surface area contributed by atoms with Gasteiger partial charge in [0.25, 0.3) is 23.3 Å². The van der Waals surface area contributed by atoms with Crippen molar-refractivity contribution in [2.24, 2.45) is 0 Å². The summed E-state index contributed by atoms with van der Waals surface area (Å²) in [6.45, 7) is 5.53. The molecule has 0 aliphatic carbocycles. The Bertz CT molecular complexity index is 1810. The van der Waals surface area contributed by atoms with E-state index >= 15 is 0 Å². The zero-order valence-electron chi connectivity index (χ0n) is 28.3. The van der Waals surface area contributed by atoms with Gasteiger partial charge < -0.3 is 41.2 Å². The number of nitrogen functional groups attached to an aromatic ring is 1. The Hall–Kier alpha value is -5.95. The number of carbonyl (C=O) groups is 5. The highest BCUT2D eigenvalue weighted by Crippen LogP contribution is 2.13. The number of alkyl carbamates (subject to hydrolysis) is 1. The van der Waals surface area contributed by atoms with Crippen molar-refractivity contribution in [3.8, 4) is 0 Å². The van der Waals surface area contributed by atoms with Crippen LogP contribution in [0, 0.1) is 0 Å². The molecule has 0 unspecified atom stereocenters. The topological polar surface area (TPSA) is 262 Å².